The molecule has 1 amide bonds. The van der Waals surface area contributed by atoms with Crippen LogP contribution < -0.4 is 5.32 Å². The molecule has 24 heavy (non-hydrogen) atoms. The lowest BCUT2D eigenvalue weighted by molar-refractivity contribution is -0.115. The third kappa shape index (κ3) is 3.77. The van der Waals surface area contributed by atoms with Crippen molar-refractivity contribution < 1.29 is 13.6 Å². The molecular formula is C17H11ClF2N2OS. The van der Waals surface area contributed by atoms with E-state index in [1.165, 1.54) is 6.07 Å². The Morgan fingerprint density at radius 2 is 2.00 bits per heavy atom. The summed E-state index contributed by atoms with van der Waals surface area (Å²) in [5.74, 6) is -1.63. The maximum atomic E-state index is 13.8. The number of carbonyl (C=O) groups is 1. The van der Waals surface area contributed by atoms with Crippen LogP contribution in [0.3, 0.4) is 0 Å². The van der Waals surface area contributed by atoms with Crippen LogP contribution in [0.5, 0.6) is 0 Å². The fourth-order valence-electron chi connectivity index (χ4n) is 2.13. The summed E-state index contributed by atoms with van der Waals surface area (Å²) < 4.78 is 26.7. The van der Waals surface area contributed by atoms with Gasteiger partial charge in [-0.05, 0) is 23.8 Å². The molecule has 1 N–H and O–H groups in total. The number of carbonyl (C=O) groups excluding carboxylic acids is 1. The summed E-state index contributed by atoms with van der Waals surface area (Å²) in [5.41, 5.74) is 1.22. The highest BCUT2D eigenvalue weighted by atomic mass is 35.5. The smallest absolute Gasteiger partial charge is 0.230 e. The molecule has 3 aromatic rings. The molecule has 0 aliphatic heterocycles. The fourth-order valence-corrected chi connectivity index (χ4v) is 3.06. The number of nitrogens with zero attached hydrogens (tertiary/aromatic N) is 1. The molecule has 0 aliphatic carbocycles. The van der Waals surface area contributed by atoms with Gasteiger partial charge in [0.15, 0.2) is 5.13 Å². The zero-order valence-corrected chi connectivity index (χ0v) is 13.8. The highest BCUT2D eigenvalue weighted by Crippen LogP contribution is 2.27. The van der Waals surface area contributed by atoms with Gasteiger partial charge in [-0.15, -0.1) is 11.3 Å². The minimum Gasteiger partial charge on any atom is -0.302 e. The van der Waals surface area contributed by atoms with Crippen molar-refractivity contribution in [2.24, 2.45) is 0 Å². The number of benzene rings is 2. The first-order valence-corrected chi connectivity index (χ1v) is 8.23. The average molecular weight is 365 g/mol. The molecule has 0 aliphatic rings. The number of anilines is 1. The molecule has 1 aromatic heterocycles. The molecule has 0 saturated carbocycles. The number of nitrogens with one attached hydrogen (secondary N) is 1. The van der Waals surface area contributed by atoms with Crippen molar-refractivity contribution >= 4 is 34.0 Å². The number of aromatic nitrogens is 1. The Bertz CT molecular complexity index is 898. The maximum Gasteiger partial charge on any atom is 0.230 e. The Balaban J connectivity index is 1.72. The van der Waals surface area contributed by atoms with Gasteiger partial charge in [0, 0.05) is 22.0 Å². The molecule has 0 saturated heterocycles. The molecule has 0 fully saturated rings. The Kier molecular flexibility index (Phi) is 4.87. The topological polar surface area (TPSA) is 42.0 Å². The van der Waals surface area contributed by atoms with E-state index in [1.807, 2.05) is 0 Å². The fraction of sp³-hybridized carbons (Fsp3) is 0.0588. The summed E-state index contributed by atoms with van der Waals surface area (Å²) in [4.78, 5) is 16.2. The second kappa shape index (κ2) is 7.07. The number of amides is 1. The van der Waals surface area contributed by atoms with Crippen LogP contribution in [0.25, 0.3) is 11.3 Å². The number of thiazole rings is 1. The number of hydrogen-bond acceptors (Lipinski definition) is 3. The van der Waals surface area contributed by atoms with E-state index < -0.39 is 11.6 Å². The van der Waals surface area contributed by atoms with E-state index in [4.69, 9.17) is 11.6 Å². The standard InChI is InChI=1S/C17H11ClF2N2OS/c18-13-4-2-1-3-10(13)7-16(23)22-17-21-15(9-24-17)12-6-5-11(19)8-14(12)20/h1-6,8-9H,7H2,(H,21,22,23). The molecule has 0 bridgehead atoms. The Morgan fingerprint density at radius 3 is 2.75 bits per heavy atom. The van der Waals surface area contributed by atoms with Gasteiger partial charge in [-0.2, -0.15) is 0 Å². The molecule has 0 atom stereocenters. The molecular weight excluding hydrogens is 354 g/mol. The first-order valence-electron chi connectivity index (χ1n) is 6.97. The second-order valence-electron chi connectivity index (χ2n) is 4.98. The van der Waals surface area contributed by atoms with E-state index in [9.17, 15) is 13.6 Å². The van der Waals surface area contributed by atoms with E-state index in [2.05, 4.69) is 10.3 Å². The van der Waals surface area contributed by atoms with Gasteiger partial charge in [0.2, 0.25) is 5.91 Å². The quantitative estimate of drug-likeness (QED) is 0.713. The molecule has 0 radical (unpaired) electrons. The predicted octanol–water partition coefficient (Wildman–Crippen LogP) is 4.92. The number of hydrogen-bond donors (Lipinski definition) is 1. The van der Waals surface area contributed by atoms with Crippen molar-refractivity contribution in [2.75, 3.05) is 5.32 Å². The largest absolute Gasteiger partial charge is 0.302 e. The zero-order valence-electron chi connectivity index (χ0n) is 12.2. The van der Waals surface area contributed by atoms with Gasteiger partial charge in [0.1, 0.15) is 11.6 Å². The van der Waals surface area contributed by atoms with Crippen LogP contribution in [0.1, 0.15) is 5.56 Å². The second-order valence-corrected chi connectivity index (χ2v) is 6.24. The Hall–Kier alpha value is -2.31. The van der Waals surface area contributed by atoms with Crippen molar-refractivity contribution in [3.05, 3.63) is 70.1 Å². The lowest BCUT2D eigenvalue weighted by atomic mass is 10.1. The van der Waals surface area contributed by atoms with Gasteiger partial charge < -0.3 is 5.32 Å². The van der Waals surface area contributed by atoms with Gasteiger partial charge in [0.25, 0.3) is 0 Å². The minimum atomic E-state index is -0.700. The lowest BCUT2D eigenvalue weighted by Gasteiger charge is -2.04. The van der Waals surface area contributed by atoms with Crippen molar-refractivity contribution in [1.29, 1.82) is 0 Å². The average Bonchev–Trinajstić information content (AvgIpc) is 2.97. The predicted molar refractivity (Wildman–Crippen MR) is 91.3 cm³/mol. The molecule has 7 heteroatoms. The molecule has 122 valence electrons. The third-order valence-corrected chi connectivity index (χ3v) is 4.39. The van der Waals surface area contributed by atoms with Crippen LogP contribution in [0, 0.1) is 11.6 Å². The Morgan fingerprint density at radius 1 is 1.21 bits per heavy atom. The van der Waals surface area contributed by atoms with Gasteiger partial charge in [-0.1, -0.05) is 29.8 Å². The Labute approximate surface area is 145 Å². The number of halogens is 3. The van der Waals surface area contributed by atoms with Crippen LogP contribution in [0.2, 0.25) is 5.02 Å². The summed E-state index contributed by atoms with van der Waals surface area (Å²) in [7, 11) is 0. The summed E-state index contributed by atoms with van der Waals surface area (Å²) in [6.07, 6.45) is 0.111. The van der Waals surface area contributed by atoms with Gasteiger partial charge in [-0.25, -0.2) is 13.8 Å². The van der Waals surface area contributed by atoms with E-state index in [1.54, 1.807) is 29.6 Å². The summed E-state index contributed by atoms with van der Waals surface area (Å²) in [6.45, 7) is 0. The van der Waals surface area contributed by atoms with Crippen molar-refractivity contribution in [1.82, 2.24) is 4.98 Å². The van der Waals surface area contributed by atoms with E-state index in [0.717, 1.165) is 23.5 Å². The van der Waals surface area contributed by atoms with Crippen molar-refractivity contribution in [3.8, 4) is 11.3 Å². The van der Waals surface area contributed by atoms with Crippen molar-refractivity contribution in [2.45, 2.75) is 6.42 Å². The van der Waals surface area contributed by atoms with Crippen LogP contribution in [0.4, 0.5) is 13.9 Å². The van der Waals surface area contributed by atoms with E-state index >= 15 is 0 Å². The highest BCUT2D eigenvalue weighted by molar-refractivity contribution is 7.14. The number of rotatable bonds is 4. The molecule has 3 nitrogen and oxygen atoms in total. The van der Waals surface area contributed by atoms with Crippen LogP contribution in [-0.4, -0.2) is 10.9 Å². The van der Waals surface area contributed by atoms with Gasteiger partial charge >= 0.3 is 0 Å². The lowest BCUT2D eigenvalue weighted by Crippen LogP contribution is -2.14. The van der Waals surface area contributed by atoms with Crippen LogP contribution in [-0.2, 0) is 11.2 Å². The first-order chi connectivity index (χ1) is 11.5. The minimum absolute atomic E-state index is 0.111. The molecule has 1 heterocycles. The third-order valence-electron chi connectivity index (χ3n) is 3.27. The zero-order chi connectivity index (χ0) is 17.1. The molecule has 0 spiro atoms. The summed E-state index contributed by atoms with van der Waals surface area (Å²) >= 11 is 7.18. The molecule has 3 rings (SSSR count). The molecule has 2 aromatic carbocycles. The monoisotopic (exact) mass is 364 g/mol. The first kappa shape index (κ1) is 16.5. The molecule has 0 unspecified atom stereocenters. The summed E-state index contributed by atoms with van der Waals surface area (Å²) in [6, 6.07) is 10.3. The normalized spacial score (nSPS) is 10.6. The van der Waals surface area contributed by atoms with Gasteiger partial charge in [-0.3, -0.25) is 4.79 Å². The highest BCUT2D eigenvalue weighted by Gasteiger charge is 2.13. The van der Waals surface area contributed by atoms with E-state index in [-0.39, 0.29) is 17.9 Å². The summed E-state index contributed by atoms with van der Waals surface area (Å²) in [5, 5.41) is 5.10. The van der Waals surface area contributed by atoms with Crippen molar-refractivity contribution in [3.63, 3.8) is 0 Å². The van der Waals surface area contributed by atoms with Crippen LogP contribution >= 0.6 is 22.9 Å². The van der Waals surface area contributed by atoms with E-state index in [0.29, 0.717) is 21.4 Å². The maximum absolute atomic E-state index is 13.8. The van der Waals surface area contributed by atoms with Gasteiger partial charge in [0.05, 0.1) is 12.1 Å². The SMILES string of the molecule is O=C(Cc1ccccc1Cl)Nc1nc(-c2ccc(F)cc2F)cs1. The van der Waals surface area contributed by atoms with Crippen LogP contribution in [0.15, 0.2) is 47.8 Å².